The lowest BCUT2D eigenvalue weighted by molar-refractivity contribution is 0.177. The Hall–Kier alpha value is -0.580. The minimum atomic E-state index is -0.585. The molecule has 0 aliphatic carbocycles. The van der Waals surface area contributed by atoms with Crippen molar-refractivity contribution in [2.75, 3.05) is 13.6 Å². The Balaban J connectivity index is 3.00. The average Bonchev–Trinajstić information content (AvgIpc) is 2.13. The highest BCUT2D eigenvalue weighted by molar-refractivity contribution is 9.10. The van der Waals surface area contributed by atoms with Crippen LogP contribution in [-0.4, -0.2) is 23.8 Å². The van der Waals surface area contributed by atoms with Gasteiger partial charge in [-0.2, -0.15) is 0 Å². The van der Waals surface area contributed by atoms with Crippen molar-refractivity contribution in [2.45, 2.75) is 13.0 Å². The summed E-state index contributed by atoms with van der Waals surface area (Å²) in [5, 5.41) is 22.1. The number of hydrogen-bond donors (Lipinski definition) is 3. The molecule has 1 aromatic rings. The second-order valence-electron chi connectivity index (χ2n) is 3.24. The minimum absolute atomic E-state index is 0.162. The number of likely N-dealkylation sites (N-methyl/N-ethyl adjacent to an activating group) is 1. The first-order valence-electron chi connectivity index (χ1n) is 4.38. The molecule has 3 nitrogen and oxygen atoms in total. The summed E-state index contributed by atoms with van der Waals surface area (Å²) in [6.07, 6.45) is -0.585. The molecule has 1 rings (SSSR count). The topological polar surface area (TPSA) is 52.5 Å². The van der Waals surface area contributed by atoms with Gasteiger partial charge in [0.1, 0.15) is 5.75 Å². The van der Waals surface area contributed by atoms with Crippen LogP contribution in [0.25, 0.3) is 0 Å². The van der Waals surface area contributed by atoms with E-state index in [9.17, 15) is 10.2 Å². The van der Waals surface area contributed by atoms with Crippen molar-refractivity contribution in [2.24, 2.45) is 0 Å². The van der Waals surface area contributed by atoms with E-state index in [1.54, 1.807) is 13.1 Å². The fourth-order valence-corrected chi connectivity index (χ4v) is 1.51. The molecule has 78 valence electrons. The van der Waals surface area contributed by atoms with E-state index in [0.717, 1.165) is 11.1 Å². The molecule has 0 bridgehead atoms. The number of aromatic hydroxyl groups is 1. The van der Waals surface area contributed by atoms with Crippen LogP contribution in [0.15, 0.2) is 16.6 Å². The van der Waals surface area contributed by atoms with Crippen LogP contribution in [0.2, 0.25) is 0 Å². The first-order chi connectivity index (χ1) is 6.56. The molecule has 0 amide bonds. The van der Waals surface area contributed by atoms with Crippen molar-refractivity contribution in [1.82, 2.24) is 5.32 Å². The largest absolute Gasteiger partial charge is 0.507 e. The van der Waals surface area contributed by atoms with E-state index >= 15 is 0 Å². The van der Waals surface area contributed by atoms with E-state index in [-0.39, 0.29) is 5.75 Å². The highest BCUT2D eigenvalue weighted by Gasteiger charge is 2.10. The van der Waals surface area contributed by atoms with Crippen molar-refractivity contribution >= 4 is 15.9 Å². The molecule has 3 N–H and O–H groups in total. The Morgan fingerprint density at radius 1 is 1.50 bits per heavy atom. The van der Waals surface area contributed by atoms with E-state index < -0.39 is 6.10 Å². The van der Waals surface area contributed by atoms with Crippen LogP contribution in [-0.2, 0) is 0 Å². The van der Waals surface area contributed by atoms with Gasteiger partial charge in [-0.3, -0.25) is 0 Å². The summed E-state index contributed by atoms with van der Waals surface area (Å²) in [6, 6.07) is 3.42. The molecule has 0 aliphatic rings. The Kier molecular flexibility index (Phi) is 3.92. The molecule has 0 saturated carbocycles. The zero-order chi connectivity index (χ0) is 10.7. The van der Waals surface area contributed by atoms with Crippen LogP contribution in [0.3, 0.4) is 0 Å². The van der Waals surface area contributed by atoms with Gasteiger partial charge in [0.15, 0.2) is 0 Å². The van der Waals surface area contributed by atoms with Crippen molar-refractivity contribution in [1.29, 1.82) is 0 Å². The van der Waals surface area contributed by atoms with Gasteiger partial charge in [0.05, 0.1) is 10.6 Å². The van der Waals surface area contributed by atoms with Crippen LogP contribution in [0.4, 0.5) is 0 Å². The SMILES string of the molecule is CNCC(O)c1cc(C)c(Br)c(O)c1. The lowest BCUT2D eigenvalue weighted by Crippen LogP contribution is -2.16. The normalized spacial score (nSPS) is 12.9. The van der Waals surface area contributed by atoms with Gasteiger partial charge in [0.2, 0.25) is 0 Å². The third kappa shape index (κ3) is 2.47. The van der Waals surface area contributed by atoms with Crippen LogP contribution in [0.1, 0.15) is 17.2 Å². The number of aryl methyl sites for hydroxylation is 1. The lowest BCUT2D eigenvalue weighted by atomic mass is 10.1. The maximum atomic E-state index is 9.67. The van der Waals surface area contributed by atoms with Gasteiger partial charge in [-0.15, -0.1) is 0 Å². The molecular formula is C10H14BrNO2. The Morgan fingerprint density at radius 3 is 2.64 bits per heavy atom. The molecule has 0 aromatic heterocycles. The van der Waals surface area contributed by atoms with E-state index in [2.05, 4.69) is 21.2 Å². The second kappa shape index (κ2) is 4.77. The number of halogens is 1. The third-order valence-electron chi connectivity index (χ3n) is 2.04. The third-order valence-corrected chi connectivity index (χ3v) is 3.07. The van der Waals surface area contributed by atoms with Crippen LogP contribution < -0.4 is 5.32 Å². The predicted octanol–water partition coefficient (Wildman–Crippen LogP) is 1.72. The highest BCUT2D eigenvalue weighted by atomic mass is 79.9. The fourth-order valence-electron chi connectivity index (χ4n) is 1.28. The molecular weight excluding hydrogens is 246 g/mol. The van der Waals surface area contributed by atoms with Crippen molar-refractivity contribution in [3.05, 3.63) is 27.7 Å². The first-order valence-corrected chi connectivity index (χ1v) is 5.17. The number of rotatable bonds is 3. The van der Waals surface area contributed by atoms with Gasteiger partial charge in [-0.05, 0) is 47.1 Å². The second-order valence-corrected chi connectivity index (χ2v) is 4.04. The summed E-state index contributed by atoms with van der Waals surface area (Å²) in [7, 11) is 1.77. The summed E-state index contributed by atoms with van der Waals surface area (Å²) < 4.78 is 0.679. The Bertz CT molecular complexity index is 305. The van der Waals surface area contributed by atoms with Gasteiger partial charge in [-0.25, -0.2) is 0 Å². The van der Waals surface area contributed by atoms with Gasteiger partial charge >= 0.3 is 0 Å². The summed E-state index contributed by atoms with van der Waals surface area (Å²) in [5.74, 6) is 0.162. The Morgan fingerprint density at radius 2 is 2.14 bits per heavy atom. The van der Waals surface area contributed by atoms with Gasteiger partial charge in [0, 0.05) is 6.54 Å². The molecule has 0 fully saturated rings. The predicted molar refractivity (Wildman–Crippen MR) is 59.4 cm³/mol. The molecule has 1 atom stereocenters. The first kappa shape index (κ1) is 11.5. The van der Waals surface area contributed by atoms with Gasteiger partial charge < -0.3 is 15.5 Å². The van der Waals surface area contributed by atoms with Crippen molar-refractivity contribution in [3.8, 4) is 5.75 Å². The summed E-state index contributed by atoms with van der Waals surface area (Å²) >= 11 is 3.25. The lowest BCUT2D eigenvalue weighted by Gasteiger charge is -2.12. The molecule has 1 aromatic carbocycles. The monoisotopic (exact) mass is 259 g/mol. The number of hydrogen-bond acceptors (Lipinski definition) is 3. The number of aliphatic hydroxyl groups is 1. The maximum Gasteiger partial charge on any atom is 0.130 e. The van der Waals surface area contributed by atoms with Crippen LogP contribution >= 0.6 is 15.9 Å². The molecule has 0 saturated heterocycles. The zero-order valence-corrected chi connectivity index (χ0v) is 9.80. The fraction of sp³-hybridized carbons (Fsp3) is 0.400. The molecule has 14 heavy (non-hydrogen) atoms. The molecule has 0 spiro atoms. The summed E-state index contributed by atoms with van der Waals surface area (Å²) in [5.41, 5.74) is 1.63. The van der Waals surface area contributed by atoms with Crippen LogP contribution in [0.5, 0.6) is 5.75 Å². The summed E-state index contributed by atoms with van der Waals surface area (Å²) in [6.45, 7) is 2.35. The minimum Gasteiger partial charge on any atom is -0.507 e. The molecule has 1 unspecified atom stereocenters. The highest BCUT2D eigenvalue weighted by Crippen LogP contribution is 2.30. The molecule has 0 heterocycles. The van der Waals surface area contributed by atoms with E-state index in [1.165, 1.54) is 0 Å². The Labute approximate surface area is 91.9 Å². The van der Waals surface area contributed by atoms with E-state index in [1.807, 2.05) is 13.0 Å². The quantitative estimate of drug-likeness (QED) is 0.775. The number of phenols is 1. The van der Waals surface area contributed by atoms with Gasteiger partial charge in [0.25, 0.3) is 0 Å². The van der Waals surface area contributed by atoms with Gasteiger partial charge in [-0.1, -0.05) is 6.07 Å². The average molecular weight is 260 g/mol. The molecule has 0 aliphatic heterocycles. The molecule has 4 heteroatoms. The van der Waals surface area contributed by atoms with Crippen LogP contribution in [0, 0.1) is 6.92 Å². The number of nitrogens with one attached hydrogen (secondary N) is 1. The number of aliphatic hydroxyl groups excluding tert-OH is 1. The van der Waals surface area contributed by atoms with E-state index in [4.69, 9.17) is 0 Å². The number of phenolic OH excluding ortho intramolecular Hbond substituents is 1. The van der Waals surface area contributed by atoms with Crippen molar-refractivity contribution < 1.29 is 10.2 Å². The summed E-state index contributed by atoms with van der Waals surface area (Å²) in [4.78, 5) is 0. The van der Waals surface area contributed by atoms with E-state index in [0.29, 0.717) is 11.0 Å². The zero-order valence-electron chi connectivity index (χ0n) is 8.21. The maximum absolute atomic E-state index is 9.67. The molecule has 0 radical (unpaired) electrons. The number of benzene rings is 1. The smallest absolute Gasteiger partial charge is 0.130 e. The van der Waals surface area contributed by atoms with Crippen molar-refractivity contribution in [3.63, 3.8) is 0 Å². The standard InChI is InChI=1S/C10H14BrNO2/c1-6-3-7(9(14)5-12-2)4-8(13)10(6)11/h3-4,9,12-14H,5H2,1-2H3.